The van der Waals surface area contributed by atoms with E-state index in [4.69, 9.17) is 4.74 Å². The van der Waals surface area contributed by atoms with Crippen molar-refractivity contribution >= 4 is 6.09 Å². The molecule has 0 aromatic rings. The van der Waals surface area contributed by atoms with Crippen LogP contribution in [-0.4, -0.2) is 22.6 Å². The average molecular weight is 237 g/mol. The van der Waals surface area contributed by atoms with Crippen molar-refractivity contribution in [3.63, 3.8) is 0 Å². The summed E-state index contributed by atoms with van der Waals surface area (Å²) in [4.78, 5) is 13.9. The van der Waals surface area contributed by atoms with Crippen LogP contribution in [-0.2, 0) is 4.74 Å². The van der Waals surface area contributed by atoms with Crippen molar-refractivity contribution in [3.8, 4) is 0 Å². The molecule has 1 aliphatic carbocycles. The van der Waals surface area contributed by atoms with Crippen molar-refractivity contribution < 1.29 is 9.53 Å². The number of allylic oxidation sites excluding steroid dienone is 1. The number of nitrogens with zero attached hydrogens (tertiary/aromatic N) is 1. The number of rotatable bonds is 0. The minimum Gasteiger partial charge on any atom is -0.443 e. The van der Waals surface area contributed by atoms with Crippen LogP contribution < -0.4 is 0 Å². The van der Waals surface area contributed by atoms with Gasteiger partial charge in [0.05, 0.1) is 0 Å². The maximum atomic E-state index is 12.1. The third-order valence-corrected chi connectivity index (χ3v) is 3.54. The van der Waals surface area contributed by atoms with Crippen LogP contribution in [0.25, 0.3) is 0 Å². The van der Waals surface area contributed by atoms with Crippen molar-refractivity contribution in [3.05, 3.63) is 12.3 Å². The maximum absolute atomic E-state index is 12.1. The molecule has 1 heterocycles. The van der Waals surface area contributed by atoms with Crippen LogP contribution in [0.1, 0.15) is 52.9 Å². The predicted molar refractivity (Wildman–Crippen MR) is 67.6 cm³/mol. The first-order valence-electron chi connectivity index (χ1n) is 6.65. The molecule has 17 heavy (non-hydrogen) atoms. The van der Waals surface area contributed by atoms with E-state index in [1.165, 1.54) is 19.3 Å². The lowest BCUT2D eigenvalue weighted by atomic mass is 9.80. The number of carbonyl (C=O) groups excluding carboxylic acids is 1. The zero-order valence-corrected chi connectivity index (χ0v) is 11.1. The topological polar surface area (TPSA) is 29.5 Å². The normalized spacial score (nSPS) is 28.8. The Hall–Kier alpha value is -0.990. The largest absolute Gasteiger partial charge is 0.443 e. The molecule has 2 aliphatic rings. The van der Waals surface area contributed by atoms with Gasteiger partial charge in [-0.3, -0.25) is 4.90 Å². The van der Waals surface area contributed by atoms with E-state index in [-0.39, 0.29) is 6.09 Å². The Morgan fingerprint density at radius 2 is 2.00 bits per heavy atom. The van der Waals surface area contributed by atoms with Crippen molar-refractivity contribution in [1.82, 2.24) is 4.90 Å². The Morgan fingerprint density at radius 3 is 2.71 bits per heavy atom. The van der Waals surface area contributed by atoms with Crippen LogP contribution in [0.3, 0.4) is 0 Å². The summed E-state index contributed by atoms with van der Waals surface area (Å²) in [6, 6.07) is 0.364. The van der Waals surface area contributed by atoms with E-state index in [1.807, 2.05) is 31.9 Å². The Morgan fingerprint density at radius 1 is 1.29 bits per heavy atom. The molecule has 2 rings (SSSR count). The van der Waals surface area contributed by atoms with E-state index in [0.29, 0.717) is 12.0 Å². The predicted octanol–water partition coefficient (Wildman–Crippen LogP) is 3.70. The van der Waals surface area contributed by atoms with Gasteiger partial charge in [-0.2, -0.15) is 0 Å². The third kappa shape index (κ3) is 3.02. The van der Waals surface area contributed by atoms with Crippen molar-refractivity contribution in [2.45, 2.75) is 64.5 Å². The molecule has 2 atom stereocenters. The molecule has 1 aliphatic heterocycles. The number of carbonyl (C=O) groups is 1. The lowest BCUT2D eigenvalue weighted by molar-refractivity contribution is 0.0152. The summed E-state index contributed by atoms with van der Waals surface area (Å²) in [5.74, 6) is 0.640. The molecule has 0 aromatic heterocycles. The summed E-state index contributed by atoms with van der Waals surface area (Å²) < 4.78 is 5.46. The maximum Gasteiger partial charge on any atom is 0.414 e. The fourth-order valence-electron chi connectivity index (χ4n) is 2.80. The minimum atomic E-state index is -0.410. The molecule has 0 bridgehead atoms. The van der Waals surface area contributed by atoms with Crippen LogP contribution in [0.5, 0.6) is 0 Å². The second-order valence-electron chi connectivity index (χ2n) is 6.12. The molecular formula is C14H23NO2. The zero-order valence-electron chi connectivity index (χ0n) is 11.1. The van der Waals surface area contributed by atoms with Crippen LogP contribution in [0.15, 0.2) is 12.3 Å². The van der Waals surface area contributed by atoms with Crippen molar-refractivity contribution in [2.75, 3.05) is 0 Å². The molecular weight excluding hydrogens is 214 g/mol. The van der Waals surface area contributed by atoms with E-state index >= 15 is 0 Å². The highest BCUT2D eigenvalue weighted by atomic mass is 16.6. The highest BCUT2D eigenvalue weighted by Gasteiger charge is 2.35. The number of hydrogen-bond acceptors (Lipinski definition) is 2. The Bertz CT molecular complexity index is 317. The Kier molecular flexibility index (Phi) is 3.45. The Labute approximate surface area is 104 Å². The smallest absolute Gasteiger partial charge is 0.414 e. The first-order valence-corrected chi connectivity index (χ1v) is 6.65. The summed E-state index contributed by atoms with van der Waals surface area (Å²) >= 11 is 0. The van der Waals surface area contributed by atoms with E-state index in [9.17, 15) is 4.79 Å². The van der Waals surface area contributed by atoms with Gasteiger partial charge in [0.25, 0.3) is 0 Å². The molecule has 1 amide bonds. The van der Waals surface area contributed by atoms with Crippen LogP contribution in [0, 0.1) is 5.92 Å². The molecule has 1 saturated carbocycles. The van der Waals surface area contributed by atoms with E-state index in [0.717, 1.165) is 12.8 Å². The van der Waals surface area contributed by atoms with Gasteiger partial charge in [-0.1, -0.05) is 18.9 Å². The summed E-state index contributed by atoms with van der Waals surface area (Å²) in [6.07, 6.45) is 9.85. The Balaban J connectivity index is 2.06. The van der Waals surface area contributed by atoms with Gasteiger partial charge in [-0.15, -0.1) is 0 Å². The molecule has 0 N–H and O–H groups in total. The summed E-state index contributed by atoms with van der Waals surface area (Å²) in [5, 5.41) is 0. The molecule has 3 heteroatoms. The van der Waals surface area contributed by atoms with Gasteiger partial charge in [0.2, 0.25) is 0 Å². The lowest BCUT2D eigenvalue weighted by Gasteiger charge is -2.40. The standard InChI is InChI=1S/C14H23NO2/c1-14(2,3)17-13(16)15-10-6-8-11-7-4-5-9-12(11)15/h6,10-12H,4-5,7-9H2,1-3H3. The second kappa shape index (κ2) is 4.71. The number of hydrogen-bond donors (Lipinski definition) is 0. The third-order valence-electron chi connectivity index (χ3n) is 3.54. The van der Waals surface area contributed by atoms with Crippen LogP contribution >= 0.6 is 0 Å². The quantitative estimate of drug-likeness (QED) is 0.643. The fourth-order valence-corrected chi connectivity index (χ4v) is 2.80. The molecule has 3 nitrogen and oxygen atoms in total. The minimum absolute atomic E-state index is 0.189. The first kappa shape index (κ1) is 12.5. The van der Waals surface area contributed by atoms with Crippen LogP contribution in [0.4, 0.5) is 4.79 Å². The SMILES string of the molecule is CC(C)(C)OC(=O)N1C=CCC2CCCCC21. The van der Waals surface area contributed by atoms with Gasteiger partial charge in [-0.05, 0) is 46.0 Å². The van der Waals surface area contributed by atoms with E-state index in [2.05, 4.69) is 6.08 Å². The van der Waals surface area contributed by atoms with E-state index in [1.54, 1.807) is 0 Å². The summed E-state index contributed by atoms with van der Waals surface area (Å²) in [6.45, 7) is 5.74. The summed E-state index contributed by atoms with van der Waals surface area (Å²) in [7, 11) is 0. The fraction of sp³-hybridized carbons (Fsp3) is 0.786. The molecule has 96 valence electrons. The number of amides is 1. The number of ether oxygens (including phenoxy) is 1. The molecule has 2 unspecified atom stereocenters. The average Bonchev–Trinajstić information content (AvgIpc) is 2.26. The molecule has 0 spiro atoms. The highest BCUT2D eigenvalue weighted by molar-refractivity contribution is 5.70. The van der Waals surface area contributed by atoms with Gasteiger partial charge >= 0.3 is 6.09 Å². The molecule has 0 saturated heterocycles. The number of fused-ring (bicyclic) bond motifs is 1. The monoisotopic (exact) mass is 237 g/mol. The summed E-state index contributed by atoms with van der Waals surface area (Å²) in [5.41, 5.74) is -0.410. The van der Waals surface area contributed by atoms with Gasteiger partial charge in [0, 0.05) is 12.2 Å². The van der Waals surface area contributed by atoms with Crippen LogP contribution in [0.2, 0.25) is 0 Å². The van der Waals surface area contributed by atoms with Gasteiger partial charge in [-0.25, -0.2) is 4.79 Å². The van der Waals surface area contributed by atoms with E-state index < -0.39 is 5.60 Å². The first-order chi connectivity index (χ1) is 7.97. The highest BCUT2D eigenvalue weighted by Crippen LogP contribution is 2.34. The van der Waals surface area contributed by atoms with Crippen molar-refractivity contribution in [2.24, 2.45) is 5.92 Å². The van der Waals surface area contributed by atoms with Crippen molar-refractivity contribution in [1.29, 1.82) is 0 Å². The van der Waals surface area contributed by atoms with Gasteiger partial charge < -0.3 is 4.74 Å². The zero-order chi connectivity index (χ0) is 12.5. The molecule has 0 aromatic carbocycles. The van der Waals surface area contributed by atoms with Gasteiger partial charge in [0.1, 0.15) is 5.60 Å². The molecule has 1 fully saturated rings. The van der Waals surface area contributed by atoms with Gasteiger partial charge in [0.15, 0.2) is 0 Å². The lowest BCUT2D eigenvalue weighted by Crippen LogP contribution is -2.46. The second-order valence-corrected chi connectivity index (χ2v) is 6.12. The molecule has 0 radical (unpaired) electrons.